The van der Waals surface area contributed by atoms with Crippen molar-refractivity contribution in [3.8, 4) is 5.75 Å². The Morgan fingerprint density at radius 2 is 1.83 bits per heavy atom. The van der Waals surface area contributed by atoms with E-state index < -0.39 is 56.9 Å². The summed E-state index contributed by atoms with van der Waals surface area (Å²) in [6, 6.07) is 3.91. The summed E-state index contributed by atoms with van der Waals surface area (Å²) in [4.78, 5) is 26.2. The third kappa shape index (κ3) is 5.63. The van der Waals surface area contributed by atoms with Crippen LogP contribution in [-0.2, 0) is 24.4 Å². The lowest BCUT2D eigenvalue weighted by Gasteiger charge is -2.59. The first-order chi connectivity index (χ1) is 16.2. The average molecular weight is 513 g/mol. The van der Waals surface area contributed by atoms with Crippen molar-refractivity contribution in [2.24, 2.45) is 17.3 Å². The predicted octanol–water partition coefficient (Wildman–Crippen LogP) is 4.32. The third-order valence-corrected chi connectivity index (χ3v) is 8.41. The van der Waals surface area contributed by atoms with Gasteiger partial charge in [0.25, 0.3) is 10.1 Å². The zero-order chi connectivity index (χ0) is 25.6. The van der Waals surface area contributed by atoms with Crippen molar-refractivity contribution in [1.29, 1.82) is 0 Å². The highest BCUT2D eigenvalue weighted by molar-refractivity contribution is 7.85. The highest BCUT2D eigenvalue weighted by Gasteiger charge is 2.63. The zero-order valence-electron chi connectivity index (χ0n) is 20.3. The number of ether oxygens (including phenoxy) is 3. The van der Waals surface area contributed by atoms with Crippen LogP contribution < -0.4 is 4.74 Å². The quantitative estimate of drug-likeness (QED) is 0.384. The first-order valence-corrected chi connectivity index (χ1v) is 13.7. The molecule has 4 aliphatic rings. The minimum absolute atomic E-state index is 0.0179. The van der Waals surface area contributed by atoms with E-state index in [-0.39, 0.29) is 23.1 Å². The van der Waals surface area contributed by atoms with E-state index in [0.29, 0.717) is 38.5 Å². The van der Waals surface area contributed by atoms with Crippen LogP contribution in [0.25, 0.3) is 0 Å². The number of esters is 2. The molecule has 194 valence electrons. The lowest BCUT2D eigenvalue weighted by atomic mass is 9.48. The lowest BCUT2D eigenvalue weighted by Crippen LogP contribution is -2.60. The molecule has 0 spiro atoms. The molecule has 8 nitrogen and oxygen atoms in total. The SMILES string of the molecule is CCC(C)(C)Oc1cc(C(=O)OC23CC4CC(C2)CC(C(=O)OCCS(=O)(=O)O)(C4)C3)ccc1F. The molecule has 2 unspecified atom stereocenters. The molecule has 35 heavy (non-hydrogen) atoms. The Morgan fingerprint density at radius 3 is 2.43 bits per heavy atom. The minimum atomic E-state index is -4.24. The summed E-state index contributed by atoms with van der Waals surface area (Å²) < 4.78 is 62.3. The van der Waals surface area contributed by atoms with E-state index in [9.17, 15) is 22.4 Å². The van der Waals surface area contributed by atoms with Crippen molar-refractivity contribution >= 4 is 22.1 Å². The smallest absolute Gasteiger partial charge is 0.338 e. The molecule has 0 radical (unpaired) electrons. The number of carbonyl (C=O) groups excluding carboxylic acids is 2. The summed E-state index contributed by atoms with van der Waals surface area (Å²) in [5.41, 5.74) is -2.10. The second-order valence-electron chi connectivity index (χ2n) is 11.1. The largest absolute Gasteiger partial charge is 0.485 e. The van der Waals surface area contributed by atoms with Crippen LogP contribution in [0, 0.1) is 23.1 Å². The molecule has 1 aromatic carbocycles. The van der Waals surface area contributed by atoms with Crippen molar-refractivity contribution in [1.82, 2.24) is 0 Å². The van der Waals surface area contributed by atoms with Crippen molar-refractivity contribution in [2.45, 2.75) is 76.9 Å². The first-order valence-electron chi connectivity index (χ1n) is 12.1. The number of carbonyl (C=O) groups is 2. The van der Waals surface area contributed by atoms with Crippen LogP contribution in [0.1, 0.15) is 76.1 Å². The molecule has 0 aromatic heterocycles. The maximum Gasteiger partial charge on any atom is 0.338 e. The number of benzene rings is 1. The summed E-state index contributed by atoms with van der Waals surface area (Å²) >= 11 is 0. The van der Waals surface area contributed by atoms with Gasteiger partial charge in [-0.1, -0.05) is 6.92 Å². The van der Waals surface area contributed by atoms with Gasteiger partial charge in [0.05, 0.1) is 11.0 Å². The van der Waals surface area contributed by atoms with E-state index in [2.05, 4.69) is 0 Å². The van der Waals surface area contributed by atoms with Gasteiger partial charge in [-0.25, -0.2) is 9.18 Å². The maximum absolute atomic E-state index is 14.4. The van der Waals surface area contributed by atoms with Gasteiger partial charge in [-0.3, -0.25) is 9.35 Å². The van der Waals surface area contributed by atoms with Crippen LogP contribution in [0.5, 0.6) is 5.75 Å². The second kappa shape index (κ2) is 9.03. The Kier molecular flexibility index (Phi) is 6.68. The van der Waals surface area contributed by atoms with Crippen LogP contribution in [-0.4, -0.2) is 48.5 Å². The molecule has 0 saturated heterocycles. The Labute approximate surface area is 205 Å². The van der Waals surface area contributed by atoms with Gasteiger partial charge < -0.3 is 14.2 Å². The first kappa shape index (κ1) is 25.9. The topological polar surface area (TPSA) is 116 Å². The van der Waals surface area contributed by atoms with Gasteiger partial charge in [-0.15, -0.1) is 0 Å². The van der Waals surface area contributed by atoms with Gasteiger partial charge in [0, 0.05) is 6.42 Å². The van der Waals surface area contributed by atoms with E-state index in [1.165, 1.54) is 18.2 Å². The van der Waals surface area contributed by atoms with Crippen LogP contribution >= 0.6 is 0 Å². The van der Waals surface area contributed by atoms with Crippen LogP contribution in [0.2, 0.25) is 0 Å². The van der Waals surface area contributed by atoms with E-state index in [0.717, 1.165) is 6.42 Å². The summed E-state index contributed by atoms with van der Waals surface area (Å²) in [5, 5.41) is 0. The minimum Gasteiger partial charge on any atom is -0.485 e. The fourth-order valence-corrected chi connectivity index (χ4v) is 6.56. The molecule has 4 aliphatic carbocycles. The molecule has 0 heterocycles. The molecule has 1 N–H and O–H groups in total. The maximum atomic E-state index is 14.4. The lowest BCUT2D eigenvalue weighted by molar-refractivity contribution is -0.196. The van der Waals surface area contributed by atoms with E-state index in [1.54, 1.807) is 0 Å². The normalized spacial score (nSPS) is 29.6. The summed E-state index contributed by atoms with van der Waals surface area (Å²) in [6.07, 6.45) is 4.39. The predicted molar refractivity (Wildman–Crippen MR) is 124 cm³/mol. The van der Waals surface area contributed by atoms with Gasteiger partial charge in [-0.2, -0.15) is 8.42 Å². The highest BCUT2D eigenvalue weighted by Crippen LogP contribution is 2.63. The van der Waals surface area contributed by atoms with Crippen molar-refractivity contribution in [3.05, 3.63) is 29.6 Å². The van der Waals surface area contributed by atoms with Crippen molar-refractivity contribution in [3.63, 3.8) is 0 Å². The monoisotopic (exact) mass is 512 g/mol. The summed E-state index contributed by atoms with van der Waals surface area (Å²) in [6.45, 7) is 5.17. The summed E-state index contributed by atoms with van der Waals surface area (Å²) in [7, 11) is -4.24. The Bertz CT molecular complexity index is 1100. The van der Waals surface area contributed by atoms with Gasteiger partial charge in [0.1, 0.15) is 23.6 Å². The second-order valence-corrected chi connectivity index (χ2v) is 12.7. The number of halogens is 1. The number of rotatable bonds is 9. The molecule has 2 atom stereocenters. The third-order valence-electron chi connectivity index (χ3n) is 7.73. The van der Waals surface area contributed by atoms with E-state index in [1.807, 2.05) is 20.8 Å². The van der Waals surface area contributed by atoms with Gasteiger partial charge in [0.15, 0.2) is 11.6 Å². The molecule has 0 aliphatic heterocycles. The summed E-state index contributed by atoms with van der Waals surface area (Å²) in [5.74, 6) is -1.96. The standard InChI is InChI=1S/C25H33FO8S/c1-4-23(2,3)33-20-10-18(5-6-19(20)26)21(27)34-25-13-16-9-17(14-25)12-24(11-16,15-25)22(28)32-7-8-35(29,30)31/h5-6,10,16-17H,4,7-9,11-15H2,1-3H3,(H,29,30,31). The van der Waals surface area contributed by atoms with Gasteiger partial charge in [0.2, 0.25) is 0 Å². The van der Waals surface area contributed by atoms with Crippen LogP contribution in [0.3, 0.4) is 0 Å². The Hall–Kier alpha value is -2.20. The highest BCUT2D eigenvalue weighted by atomic mass is 32.2. The fourth-order valence-electron chi connectivity index (χ4n) is 6.26. The zero-order valence-corrected chi connectivity index (χ0v) is 21.2. The van der Waals surface area contributed by atoms with Gasteiger partial charge >= 0.3 is 11.9 Å². The molecular weight excluding hydrogens is 479 g/mol. The molecule has 4 fully saturated rings. The fraction of sp³-hybridized carbons (Fsp3) is 0.680. The van der Waals surface area contributed by atoms with Crippen LogP contribution in [0.4, 0.5) is 4.39 Å². The van der Waals surface area contributed by atoms with E-state index in [4.69, 9.17) is 18.8 Å². The Balaban J connectivity index is 1.51. The molecule has 0 amide bonds. The molecule has 5 rings (SSSR count). The molecular formula is C25H33FO8S. The van der Waals surface area contributed by atoms with Crippen molar-refractivity contribution < 1.29 is 41.2 Å². The average Bonchev–Trinajstić information content (AvgIpc) is 2.73. The van der Waals surface area contributed by atoms with E-state index >= 15 is 0 Å². The molecule has 4 bridgehead atoms. The van der Waals surface area contributed by atoms with Crippen molar-refractivity contribution in [2.75, 3.05) is 12.4 Å². The van der Waals surface area contributed by atoms with Gasteiger partial charge in [-0.05, 0) is 82.4 Å². The molecule has 1 aromatic rings. The number of hydrogen-bond donors (Lipinski definition) is 1. The molecule has 10 heteroatoms. The number of hydrogen-bond acceptors (Lipinski definition) is 7. The molecule has 4 saturated carbocycles. The Morgan fingerprint density at radius 1 is 1.17 bits per heavy atom. The van der Waals surface area contributed by atoms with Crippen LogP contribution in [0.15, 0.2) is 18.2 Å².